The van der Waals surface area contributed by atoms with E-state index in [0.717, 1.165) is 16.8 Å². The maximum absolute atomic E-state index is 12.8. The van der Waals surface area contributed by atoms with Crippen molar-refractivity contribution in [3.63, 3.8) is 0 Å². The number of hydrogen-bond acceptors (Lipinski definition) is 4. The van der Waals surface area contributed by atoms with Crippen LogP contribution in [0.1, 0.15) is 39.8 Å². The number of hydrogen-bond donors (Lipinski definition) is 1. The van der Waals surface area contributed by atoms with E-state index in [4.69, 9.17) is 4.74 Å². The smallest absolute Gasteiger partial charge is 0.387 e. The van der Waals surface area contributed by atoms with Crippen LogP contribution in [0.3, 0.4) is 0 Å². The molecular weight excluding hydrogens is 404 g/mol. The Bertz CT molecular complexity index is 1080. The third-order valence-corrected chi connectivity index (χ3v) is 4.92. The lowest BCUT2D eigenvalue weighted by molar-refractivity contribution is -0.0514. The topological polar surface area (TPSA) is 65.4 Å². The van der Waals surface area contributed by atoms with Crippen LogP contribution >= 0.6 is 0 Å². The summed E-state index contributed by atoms with van der Waals surface area (Å²) >= 11 is 0. The molecule has 2 aromatic carbocycles. The summed E-state index contributed by atoms with van der Waals surface area (Å²) < 4.78 is 36.8. The van der Waals surface area contributed by atoms with Gasteiger partial charge in [-0.2, -0.15) is 13.9 Å². The highest BCUT2D eigenvalue weighted by molar-refractivity contribution is 6.05. The van der Waals surface area contributed by atoms with Crippen LogP contribution in [0, 0.1) is 20.8 Å². The van der Waals surface area contributed by atoms with E-state index in [1.54, 1.807) is 6.92 Å². The van der Waals surface area contributed by atoms with Crippen molar-refractivity contribution in [1.29, 1.82) is 0 Å². The molecule has 8 heteroatoms. The summed E-state index contributed by atoms with van der Waals surface area (Å²) in [6.45, 7) is 5.32. The van der Waals surface area contributed by atoms with Crippen molar-refractivity contribution in [3.05, 3.63) is 70.5 Å². The Morgan fingerprint density at radius 1 is 1.13 bits per heavy atom. The highest BCUT2D eigenvalue weighted by Gasteiger charge is 2.18. The Labute approximate surface area is 179 Å². The van der Waals surface area contributed by atoms with Gasteiger partial charge in [0.15, 0.2) is 11.5 Å². The molecule has 0 saturated heterocycles. The molecule has 31 heavy (non-hydrogen) atoms. The standard InChI is InChI=1S/C23H25F2N3O3/c1-5-30-20-12-17(10-11-19(20)31-23(24)25)22(29)26-21-15(3)27-28(16(21)4)13-18-9-7-6-8-14(18)2/h6-12,23H,5,13H2,1-4H3,(H,26,29). The zero-order chi connectivity index (χ0) is 22.5. The van der Waals surface area contributed by atoms with Crippen molar-refractivity contribution >= 4 is 11.6 Å². The molecule has 0 fully saturated rings. The number of ether oxygens (including phenoxy) is 2. The van der Waals surface area contributed by atoms with Crippen LogP contribution < -0.4 is 14.8 Å². The number of nitrogens with zero attached hydrogens (tertiary/aromatic N) is 2. The molecule has 1 N–H and O–H groups in total. The van der Waals surface area contributed by atoms with Gasteiger partial charge >= 0.3 is 6.61 Å². The molecule has 3 aromatic rings. The van der Waals surface area contributed by atoms with Gasteiger partial charge in [-0.05, 0) is 57.0 Å². The summed E-state index contributed by atoms with van der Waals surface area (Å²) in [7, 11) is 0. The van der Waals surface area contributed by atoms with Crippen molar-refractivity contribution in [1.82, 2.24) is 9.78 Å². The van der Waals surface area contributed by atoms with Gasteiger partial charge < -0.3 is 14.8 Å². The van der Waals surface area contributed by atoms with Crippen LogP contribution in [-0.2, 0) is 6.54 Å². The zero-order valence-corrected chi connectivity index (χ0v) is 17.9. The van der Waals surface area contributed by atoms with Crippen molar-refractivity contribution in [2.45, 2.75) is 40.9 Å². The average Bonchev–Trinajstić information content (AvgIpc) is 2.98. The van der Waals surface area contributed by atoms with E-state index in [2.05, 4.69) is 15.2 Å². The molecule has 0 spiro atoms. The first kappa shape index (κ1) is 22.3. The fourth-order valence-electron chi connectivity index (χ4n) is 3.28. The van der Waals surface area contributed by atoms with E-state index in [-0.39, 0.29) is 23.7 Å². The number of carbonyl (C=O) groups excluding carboxylic acids is 1. The minimum atomic E-state index is -2.98. The van der Waals surface area contributed by atoms with Gasteiger partial charge in [-0.15, -0.1) is 0 Å². The van der Waals surface area contributed by atoms with E-state index in [0.29, 0.717) is 17.9 Å². The van der Waals surface area contributed by atoms with Gasteiger partial charge in [0.05, 0.1) is 30.2 Å². The number of anilines is 1. The van der Waals surface area contributed by atoms with Gasteiger partial charge in [0.1, 0.15) is 0 Å². The average molecular weight is 429 g/mol. The SMILES string of the molecule is CCOc1cc(C(=O)Nc2c(C)nn(Cc3ccccc3C)c2C)ccc1OC(F)F. The molecule has 0 aliphatic carbocycles. The fourth-order valence-corrected chi connectivity index (χ4v) is 3.28. The summed E-state index contributed by atoms with van der Waals surface area (Å²) in [6.07, 6.45) is 0. The summed E-state index contributed by atoms with van der Waals surface area (Å²) in [5.41, 5.74) is 4.68. The Kier molecular flexibility index (Phi) is 6.89. The lowest BCUT2D eigenvalue weighted by atomic mass is 10.1. The monoisotopic (exact) mass is 429 g/mol. The van der Waals surface area contributed by atoms with Crippen LogP contribution in [0.15, 0.2) is 42.5 Å². The molecule has 0 aliphatic heterocycles. The third kappa shape index (κ3) is 5.20. The number of amides is 1. The van der Waals surface area contributed by atoms with Gasteiger partial charge in [-0.3, -0.25) is 9.48 Å². The lowest BCUT2D eigenvalue weighted by Crippen LogP contribution is -2.14. The number of nitrogens with one attached hydrogen (secondary N) is 1. The maximum Gasteiger partial charge on any atom is 0.387 e. The molecule has 164 valence electrons. The molecule has 0 unspecified atom stereocenters. The highest BCUT2D eigenvalue weighted by Crippen LogP contribution is 2.30. The molecule has 3 rings (SSSR count). The van der Waals surface area contributed by atoms with Crippen molar-refractivity contribution < 1.29 is 23.0 Å². The van der Waals surface area contributed by atoms with Crippen molar-refractivity contribution in [2.75, 3.05) is 11.9 Å². The first-order valence-electron chi connectivity index (χ1n) is 9.91. The minimum Gasteiger partial charge on any atom is -0.490 e. The van der Waals surface area contributed by atoms with E-state index in [9.17, 15) is 13.6 Å². The first-order chi connectivity index (χ1) is 14.8. The van der Waals surface area contributed by atoms with Gasteiger partial charge in [0.25, 0.3) is 5.91 Å². The summed E-state index contributed by atoms with van der Waals surface area (Å²) in [5.74, 6) is -0.433. The van der Waals surface area contributed by atoms with Gasteiger partial charge in [0.2, 0.25) is 0 Å². The molecule has 6 nitrogen and oxygen atoms in total. The van der Waals surface area contributed by atoms with E-state index < -0.39 is 12.5 Å². The molecule has 0 bridgehead atoms. The summed E-state index contributed by atoms with van der Waals surface area (Å²) in [4.78, 5) is 12.8. The molecule has 1 aromatic heterocycles. The number of halogens is 2. The second kappa shape index (κ2) is 9.59. The number of carbonyl (C=O) groups is 1. The quantitative estimate of drug-likeness (QED) is 0.541. The van der Waals surface area contributed by atoms with Gasteiger partial charge in [-0.25, -0.2) is 0 Å². The van der Waals surface area contributed by atoms with Crippen LogP contribution in [0.4, 0.5) is 14.5 Å². The van der Waals surface area contributed by atoms with Crippen LogP contribution in [0.5, 0.6) is 11.5 Å². The molecule has 1 heterocycles. The second-order valence-corrected chi connectivity index (χ2v) is 7.06. The molecule has 1 amide bonds. The Morgan fingerprint density at radius 3 is 2.55 bits per heavy atom. The minimum absolute atomic E-state index is 0.0825. The predicted octanol–water partition coefficient (Wildman–Crippen LogP) is 5.11. The molecule has 0 radical (unpaired) electrons. The summed E-state index contributed by atoms with van der Waals surface area (Å²) in [6, 6.07) is 12.2. The van der Waals surface area contributed by atoms with E-state index in [1.165, 1.54) is 18.2 Å². The number of aromatic nitrogens is 2. The Morgan fingerprint density at radius 2 is 1.87 bits per heavy atom. The van der Waals surface area contributed by atoms with Gasteiger partial charge in [-0.1, -0.05) is 24.3 Å². The van der Waals surface area contributed by atoms with Crippen molar-refractivity contribution in [3.8, 4) is 11.5 Å². The normalized spacial score (nSPS) is 10.9. The Hall–Kier alpha value is -3.42. The molecular formula is C23H25F2N3O3. The van der Waals surface area contributed by atoms with E-state index >= 15 is 0 Å². The molecule has 0 saturated carbocycles. The number of rotatable bonds is 8. The fraction of sp³-hybridized carbons (Fsp3) is 0.304. The second-order valence-electron chi connectivity index (χ2n) is 7.06. The van der Waals surface area contributed by atoms with Crippen molar-refractivity contribution in [2.24, 2.45) is 0 Å². The van der Waals surface area contributed by atoms with Crippen LogP contribution in [0.2, 0.25) is 0 Å². The zero-order valence-electron chi connectivity index (χ0n) is 17.9. The largest absolute Gasteiger partial charge is 0.490 e. The highest BCUT2D eigenvalue weighted by atomic mass is 19.3. The van der Waals surface area contributed by atoms with E-state index in [1.807, 2.05) is 49.7 Å². The molecule has 0 aliphatic rings. The van der Waals surface area contributed by atoms with Crippen LogP contribution in [0.25, 0.3) is 0 Å². The number of benzene rings is 2. The third-order valence-electron chi connectivity index (χ3n) is 4.92. The lowest BCUT2D eigenvalue weighted by Gasteiger charge is -2.13. The van der Waals surface area contributed by atoms with Crippen LogP contribution in [-0.4, -0.2) is 28.9 Å². The molecule has 0 atom stereocenters. The maximum atomic E-state index is 12.8. The number of aryl methyl sites for hydroxylation is 2. The Balaban J connectivity index is 1.83. The van der Waals surface area contributed by atoms with Gasteiger partial charge in [0, 0.05) is 5.56 Å². The predicted molar refractivity (Wildman–Crippen MR) is 114 cm³/mol. The summed E-state index contributed by atoms with van der Waals surface area (Å²) in [5, 5.41) is 7.44. The first-order valence-corrected chi connectivity index (χ1v) is 9.91. The number of alkyl halides is 2.